The van der Waals surface area contributed by atoms with E-state index in [2.05, 4.69) is 31.9 Å². The molecule has 0 saturated carbocycles. The Balaban J connectivity index is 1.38. The lowest BCUT2D eigenvalue weighted by molar-refractivity contribution is 0.312. The summed E-state index contributed by atoms with van der Waals surface area (Å²) >= 11 is 0. The topological polar surface area (TPSA) is 82.1 Å². The Morgan fingerprint density at radius 3 is 1.94 bits per heavy atom. The van der Waals surface area contributed by atoms with Crippen molar-refractivity contribution in [2.24, 2.45) is 0 Å². The predicted molar refractivity (Wildman–Crippen MR) is 125 cm³/mol. The van der Waals surface area contributed by atoms with Crippen molar-refractivity contribution in [1.29, 1.82) is 0 Å². The molecule has 1 aromatic carbocycles. The lowest BCUT2D eigenvalue weighted by Crippen LogP contribution is -2.49. The molecule has 0 N–H and O–H groups in total. The van der Waals surface area contributed by atoms with Crippen LogP contribution < -0.4 is 14.5 Å². The molecule has 0 radical (unpaired) electrons. The van der Waals surface area contributed by atoms with E-state index in [9.17, 15) is 8.42 Å². The van der Waals surface area contributed by atoms with Gasteiger partial charge in [-0.2, -0.15) is 4.31 Å². The van der Waals surface area contributed by atoms with E-state index in [1.807, 2.05) is 26.0 Å². The van der Waals surface area contributed by atoms with Gasteiger partial charge in [-0.25, -0.2) is 8.42 Å². The van der Waals surface area contributed by atoms with Gasteiger partial charge in [0.2, 0.25) is 10.0 Å². The third-order valence-corrected chi connectivity index (χ3v) is 8.00. The number of aryl methyl sites for hydroxylation is 1. The fourth-order valence-corrected chi connectivity index (χ4v) is 5.61. The van der Waals surface area contributed by atoms with Crippen LogP contribution in [0.25, 0.3) is 0 Å². The fourth-order valence-electron chi connectivity index (χ4n) is 4.10. The van der Waals surface area contributed by atoms with Crippen LogP contribution in [-0.2, 0) is 10.0 Å². The zero-order chi connectivity index (χ0) is 22.7. The van der Waals surface area contributed by atoms with E-state index in [-0.39, 0.29) is 0 Å². The molecule has 32 heavy (non-hydrogen) atoms. The summed E-state index contributed by atoms with van der Waals surface area (Å²) in [5.41, 5.74) is 0.822. The van der Waals surface area contributed by atoms with Gasteiger partial charge < -0.3 is 19.4 Å². The Bertz CT molecular complexity index is 1010. The molecular weight excluding hydrogens is 428 g/mol. The van der Waals surface area contributed by atoms with Crippen molar-refractivity contribution in [1.82, 2.24) is 19.4 Å². The van der Waals surface area contributed by atoms with Gasteiger partial charge in [0.25, 0.3) is 0 Å². The van der Waals surface area contributed by atoms with Gasteiger partial charge in [-0.05, 0) is 56.8 Å². The van der Waals surface area contributed by atoms with Crippen molar-refractivity contribution in [3.8, 4) is 5.75 Å². The zero-order valence-corrected chi connectivity index (χ0v) is 19.9. The Morgan fingerprint density at radius 2 is 1.44 bits per heavy atom. The first-order valence-corrected chi connectivity index (χ1v) is 12.6. The van der Waals surface area contributed by atoms with Crippen molar-refractivity contribution in [2.75, 3.05) is 75.8 Å². The summed E-state index contributed by atoms with van der Waals surface area (Å²) in [7, 11) is -1.42. The average molecular weight is 461 g/mol. The second-order valence-corrected chi connectivity index (χ2v) is 10.2. The maximum absolute atomic E-state index is 13.1. The van der Waals surface area contributed by atoms with Gasteiger partial charge in [0.15, 0.2) is 11.6 Å². The molecule has 174 valence electrons. The number of rotatable bonds is 6. The van der Waals surface area contributed by atoms with E-state index >= 15 is 0 Å². The van der Waals surface area contributed by atoms with Crippen molar-refractivity contribution >= 4 is 21.7 Å². The molecule has 0 bridgehead atoms. The van der Waals surface area contributed by atoms with Crippen molar-refractivity contribution in [3.63, 3.8) is 0 Å². The van der Waals surface area contributed by atoms with E-state index < -0.39 is 10.0 Å². The minimum Gasteiger partial charge on any atom is -0.494 e. The highest BCUT2D eigenvalue weighted by Crippen LogP contribution is 2.25. The molecule has 1 aromatic heterocycles. The number of likely N-dealkylation sites (N-methyl/N-ethyl adjacent to an activating group) is 1. The highest BCUT2D eigenvalue weighted by atomic mass is 32.2. The van der Waals surface area contributed by atoms with Gasteiger partial charge in [-0.1, -0.05) is 0 Å². The standard InChI is InChI=1S/C22H32N6O3S/c1-4-31-20-6-5-19(17-18(20)2)32(29,30)28-15-13-27(14-16-28)22-8-7-21(23-24-22)26-11-9-25(3)10-12-26/h5-8,17H,4,9-16H2,1-3H3. The minimum atomic E-state index is -3.54. The summed E-state index contributed by atoms with van der Waals surface area (Å²) < 4.78 is 33.3. The zero-order valence-electron chi connectivity index (χ0n) is 19.1. The van der Waals surface area contributed by atoms with Crippen LogP contribution in [0.15, 0.2) is 35.2 Å². The molecule has 0 amide bonds. The molecule has 3 heterocycles. The van der Waals surface area contributed by atoms with E-state index in [1.165, 1.54) is 0 Å². The number of hydrogen-bond donors (Lipinski definition) is 0. The minimum absolute atomic E-state index is 0.309. The summed E-state index contributed by atoms with van der Waals surface area (Å²) in [6.45, 7) is 10.3. The summed E-state index contributed by atoms with van der Waals surface area (Å²) in [4.78, 5) is 6.96. The average Bonchev–Trinajstić information content (AvgIpc) is 2.81. The quantitative estimate of drug-likeness (QED) is 0.641. The molecule has 2 aliphatic rings. The van der Waals surface area contributed by atoms with Crippen molar-refractivity contribution < 1.29 is 13.2 Å². The second kappa shape index (κ2) is 9.60. The monoisotopic (exact) mass is 460 g/mol. The lowest BCUT2D eigenvalue weighted by Gasteiger charge is -2.35. The van der Waals surface area contributed by atoms with Crippen LogP contribution in [0, 0.1) is 6.92 Å². The van der Waals surface area contributed by atoms with Gasteiger partial charge in [-0.15, -0.1) is 10.2 Å². The highest BCUT2D eigenvalue weighted by molar-refractivity contribution is 7.89. The van der Waals surface area contributed by atoms with Crippen LogP contribution in [0.4, 0.5) is 11.6 Å². The molecule has 0 unspecified atom stereocenters. The largest absolute Gasteiger partial charge is 0.494 e. The predicted octanol–water partition coefficient (Wildman–Crippen LogP) is 1.45. The van der Waals surface area contributed by atoms with Crippen molar-refractivity contribution in [3.05, 3.63) is 35.9 Å². The summed E-state index contributed by atoms with van der Waals surface area (Å²) in [5.74, 6) is 2.40. The third kappa shape index (κ3) is 4.82. The van der Waals surface area contributed by atoms with Crippen LogP contribution in [0.2, 0.25) is 0 Å². The maximum Gasteiger partial charge on any atom is 0.243 e. The smallest absolute Gasteiger partial charge is 0.243 e. The molecular formula is C22H32N6O3S. The number of ether oxygens (including phenoxy) is 1. The molecule has 2 saturated heterocycles. The van der Waals surface area contributed by atoms with Crippen LogP contribution >= 0.6 is 0 Å². The van der Waals surface area contributed by atoms with Crippen LogP contribution in [0.5, 0.6) is 5.75 Å². The SMILES string of the molecule is CCOc1ccc(S(=O)(=O)N2CCN(c3ccc(N4CCN(C)CC4)nn3)CC2)cc1C. The number of benzene rings is 1. The number of piperazine rings is 2. The van der Waals surface area contributed by atoms with Gasteiger partial charge in [0, 0.05) is 52.4 Å². The molecule has 0 atom stereocenters. The number of sulfonamides is 1. The Labute approximate surface area is 190 Å². The first-order chi connectivity index (χ1) is 15.4. The second-order valence-electron chi connectivity index (χ2n) is 8.29. The molecule has 2 aromatic rings. The van der Waals surface area contributed by atoms with Crippen LogP contribution in [0.3, 0.4) is 0 Å². The normalized spacial score (nSPS) is 18.7. The lowest BCUT2D eigenvalue weighted by atomic mass is 10.2. The molecule has 9 nitrogen and oxygen atoms in total. The van der Waals surface area contributed by atoms with Gasteiger partial charge in [0.1, 0.15) is 5.75 Å². The number of nitrogens with zero attached hydrogens (tertiary/aromatic N) is 6. The number of anilines is 2. The first kappa shape index (κ1) is 22.8. The highest BCUT2D eigenvalue weighted by Gasteiger charge is 2.29. The molecule has 4 rings (SSSR count). The summed E-state index contributed by atoms with van der Waals surface area (Å²) in [6, 6.07) is 9.05. The third-order valence-electron chi connectivity index (χ3n) is 6.11. The number of hydrogen-bond acceptors (Lipinski definition) is 8. The van der Waals surface area contributed by atoms with Crippen LogP contribution in [0.1, 0.15) is 12.5 Å². The Morgan fingerprint density at radius 1 is 0.875 bits per heavy atom. The molecule has 2 aliphatic heterocycles. The van der Waals surface area contributed by atoms with Crippen molar-refractivity contribution in [2.45, 2.75) is 18.7 Å². The first-order valence-electron chi connectivity index (χ1n) is 11.1. The molecule has 2 fully saturated rings. The number of aromatic nitrogens is 2. The Hall–Kier alpha value is -2.43. The Kier molecular flexibility index (Phi) is 6.82. The van der Waals surface area contributed by atoms with Gasteiger partial charge in [-0.3, -0.25) is 0 Å². The summed E-state index contributed by atoms with van der Waals surface area (Å²) in [5, 5.41) is 8.84. The summed E-state index contributed by atoms with van der Waals surface area (Å²) in [6.07, 6.45) is 0. The van der Waals surface area contributed by atoms with E-state index in [1.54, 1.807) is 22.5 Å². The molecule has 10 heteroatoms. The maximum atomic E-state index is 13.1. The van der Waals surface area contributed by atoms with E-state index in [0.717, 1.165) is 49.1 Å². The fraction of sp³-hybridized carbons (Fsp3) is 0.545. The van der Waals surface area contributed by atoms with Gasteiger partial charge >= 0.3 is 0 Å². The van der Waals surface area contributed by atoms with E-state index in [4.69, 9.17) is 4.74 Å². The molecule has 0 aliphatic carbocycles. The molecule has 0 spiro atoms. The van der Waals surface area contributed by atoms with Gasteiger partial charge in [0.05, 0.1) is 11.5 Å². The van der Waals surface area contributed by atoms with Crippen LogP contribution in [-0.4, -0.2) is 93.8 Å². The van der Waals surface area contributed by atoms with E-state index in [0.29, 0.717) is 37.7 Å².